The Morgan fingerprint density at radius 2 is 1.92 bits per heavy atom. The number of aromatic nitrogens is 2. The van der Waals surface area contributed by atoms with Gasteiger partial charge in [-0.3, -0.25) is 4.79 Å². The zero-order chi connectivity index (χ0) is 16.8. The molecule has 3 N–H and O–H groups in total. The van der Waals surface area contributed by atoms with Crippen LogP contribution in [0.15, 0.2) is 41.2 Å². The third-order valence-corrected chi connectivity index (χ3v) is 4.56. The zero-order valence-electron chi connectivity index (χ0n) is 13.3. The Kier molecular flexibility index (Phi) is 3.19. The smallest absolute Gasteiger partial charge is 0.323 e. The van der Waals surface area contributed by atoms with Crippen LogP contribution in [0.2, 0.25) is 0 Å². The Bertz CT molecular complexity index is 1000. The minimum absolute atomic E-state index is 0.0511. The molecule has 0 saturated heterocycles. The summed E-state index contributed by atoms with van der Waals surface area (Å²) in [6.07, 6.45) is 0.0511. The Morgan fingerprint density at radius 3 is 2.75 bits per heavy atom. The van der Waals surface area contributed by atoms with Crippen molar-refractivity contribution in [1.82, 2.24) is 9.97 Å². The summed E-state index contributed by atoms with van der Waals surface area (Å²) < 4.78 is 5.87. The van der Waals surface area contributed by atoms with Crippen molar-refractivity contribution < 1.29 is 9.53 Å². The van der Waals surface area contributed by atoms with Gasteiger partial charge in [0.1, 0.15) is 11.9 Å². The number of imidazole rings is 1. The second-order valence-corrected chi connectivity index (χ2v) is 6.13. The number of para-hydroxylation sites is 1. The molecule has 2 atom stereocenters. The lowest BCUT2D eigenvalue weighted by Gasteiger charge is -2.10. The van der Waals surface area contributed by atoms with Gasteiger partial charge in [-0.05, 0) is 31.2 Å². The van der Waals surface area contributed by atoms with Gasteiger partial charge in [0.2, 0.25) is 0 Å². The lowest BCUT2D eigenvalue weighted by molar-refractivity contribution is 0.102. The molecule has 0 saturated carbocycles. The highest BCUT2D eigenvalue weighted by Crippen LogP contribution is 2.40. The van der Waals surface area contributed by atoms with E-state index < -0.39 is 0 Å². The maximum absolute atomic E-state index is 12.7. The fraction of sp³-hybridized carbons (Fsp3) is 0.222. The molecule has 122 valence electrons. The number of amides is 1. The standard InChI is InChI=1S/C18H17N3O3/c1-9-10(2)24-16-12(9)4-3-5-13(16)17(22)19-11-6-7-14-15(8-11)21-18(23)20-14/h3-10H,1-2H3,(H,19,22)(H2,20,21,23). The summed E-state index contributed by atoms with van der Waals surface area (Å²) in [4.78, 5) is 29.3. The number of nitrogens with one attached hydrogen (secondary N) is 3. The van der Waals surface area contributed by atoms with Crippen molar-refractivity contribution in [3.8, 4) is 5.75 Å². The van der Waals surface area contributed by atoms with E-state index in [0.717, 1.165) is 5.56 Å². The number of hydrogen-bond donors (Lipinski definition) is 3. The average Bonchev–Trinajstić information content (AvgIpc) is 3.06. The molecule has 0 bridgehead atoms. The average molecular weight is 323 g/mol. The molecule has 2 heterocycles. The fourth-order valence-corrected chi connectivity index (χ4v) is 3.07. The molecule has 3 aromatic rings. The van der Waals surface area contributed by atoms with Crippen LogP contribution in [-0.2, 0) is 0 Å². The number of carbonyl (C=O) groups is 1. The van der Waals surface area contributed by atoms with Crippen LogP contribution in [0.3, 0.4) is 0 Å². The highest BCUT2D eigenvalue weighted by Gasteiger charge is 2.31. The molecule has 6 nitrogen and oxygen atoms in total. The number of benzene rings is 2. The molecule has 6 heteroatoms. The van der Waals surface area contributed by atoms with Gasteiger partial charge in [-0.15, -0.1) is 0 Å². The van der Waals surface area contributed by atoms with Crippen molar-refractivity contribution in [3.63, 3.8) is 0 Å². The molecule has 0 spiro atoms. The van der Waals surface area contributed by atoms with Crippen molar-refractivity contribution in [2.75, 3.05) is 5.32 Å². The summed E-state index contributed by atoms with van der Waals surface area (Å²) in [6.45, 7) is 4.09. The predicted octanol–water partition coefficient (Wildman–Crippen LogP) is 2.99. The molecule has 1 aliphatic heterocycles. The summed E-state index contributed by atoms with van der Waals surface area (Å²) in [5.74, 6) is 0.686. The van der Waals surface area contributed by atoms with Crippen LogP contribution in [0.4, 0.5) is 5.69 Å². The minimum Gasteiger partial charge on any atom is -0.489 e. The Morgan fingerprint density at radius 1 is 1.12 bits per heavy atom. The number of H-pyrrole nitrogens is 2. The van der Waals surface area contributed by atoms with Gasteiger partial charge in [0.25, 0.3) is 5.91 Å². The van der Waals surface area contributed by atoms with Crippen LogP contribution >= 0.6 is 0 Å². The highest BCUT2D eigenvalue weighted by molar-refractivity contribution is 6.07. The number of hydrogen-bond acceptors (Lipinski definition) is 3. The Labute approximate surface area is 137 Å². The molecule has 2 unspecified atom stereocenters. The normalized spacial score (nSPS) is 19.1. The molecule has 0 radical (unpaired) electrons. The molecular weight excluding hydrogens is 306 g/mol. The second kappa shape index (κ2) is 5.26. The number of rotatable bonds is 2. The van der Waals surface area contributed by atoms with Gasteiger partial charge in [0.15, 0.2) is 0 Å². The van der Waals surface area contributed by atoms with E-state index in [0.29, 0.717) is 28.0 Å². The molecule has 0 fully saturated rings. The summed E-state index contributed by atoms with van der Waals surface area (Å²) in [5.41, 5.74) is 3.26. The molecule has 1 amide bonds. The number of aromatic amines is 2. The third-order valence-electron chi connectivity index (χ3n) is 4.56. The summed E-state index contributed by atoms with van der Waals surface area (Å²) in [6, 6.07) is 10.9. The van der Waals surface area contributed by atoms with Crippen molar-refractivity contribution >= 4 is 22.6 Å². The zero-order valence-corrected chi connectivity index (χ0v) is 13.3. The SMILES string of the molecule is CC1Oc2c(C(=O)Nc3ccc4[nH]c(=O)[nH]c4c3)cccc2C1C. The lowest BCUT2D eigenvalue weighted by Crippen LogP contribution is -2.14. The number of carbonyl (C=O) groups excluding carboxylic acids is 1. The van der Waals surface area contributed by atoms with E-state index in [2.05, 4.69) is 22.2 Å². The van der Waals surface area contributed by atoms with Gasteiger partial charge < -0.3 is 20.0 Å². The first kappa shape index (κ1) is 14.6. The quantitative estimate of drug-likeness (QED) is 0.677. The van der Waals surface area contributed by atoms with Gasteiger partial charge >= 0.3 is 5.69 Å². The maximum Gasteiger partial charge on any atom is 0.323 e. The molecule has 24 heavy (non-hydrogen) atoms. The van der Waals surface area contributed by atoms with Crippen LogP contribution < -0.4 is 15.7 Å². The van der Waals surface area contributed by atoms with Crippen molar-refractivity contribution in [2.45, 2.75) is 25.9 Å². The molecule has 2 aromatic carbocycles. The van der Waals surface area contributed by atoms with E-state index in [1.54, 1.807) is 24.3 Å². The van der Waals surface area contributed by atoms with E-state index in [1.807, 2.05) is 19.1 Å². The molecule has 1 aromatic heterocycles. The highest BCUT2D eigenvalue weighted by atomic mass is 16.5. The minimum atomic E-state index is -0.272. The molecule has 1 aliphatic rings. The van der Waals surface area contributed by atoms with Crippen LogP contribution in [0.25, 0.3) is 11.0 Å². The monoisotopic (exact) mass is 323 g/mol. The van der Waals surface area contributed by atoms with Gasteiger partial charge in [-0.2, -0.15) is 0 Å². The maximum atomic E-state index is 12.7. The second-order valence-electron chi connectivity index (χ2n) is 6.13. The number of fused-ring (bicyclic) bond motifs is 2. The van der Waals surface area contributed by atoms with Crippen LogP contribution in [0, 0.1) is 0 Å². The molecular formula is C18H17N3O3. The summed E-state index contributed by atoms with van der Waals surface area (Å²) in [7, 11) is 0. The van der Waals surface area contributed by atoms with Crippen LogP contribution in [0.5, 0.6) is 5.75 Å². The van der Waals surface area contributed by atoms with E-state index in [-0.39, 0.29) is 23.6 Å². The van der Waals surface area contributed by atoms with Gasteiger partial charge in [0.05, 0.1) is 16.6 Å². The summed E-state index contributed by atoms with van der Waals surface area (Å²) >= 11 is 0. The first-order valence-electron chi connectivity index (χ1n) is 7.86. The largest absolute Gasteiger partial charge is 0.489 e. The topological polar surface area (TPSA) is 87.0 Å². The molecule has 0 aliphatic carbocycles. The van der Waals surface area contributed by atoms with E-state index >= 15 is 0 Å². The Balaban J connectivity index is 1.66. The van der Waals surface area contributed by atoms with Gasteiger partial charge in [0, 0.05) is 17.2 Å². The first-order valence-corrected chi connectivity index (χ1v) is 7.86. The first-order chi connectivity index (χ1) is 11.5. The fourth-order valence-electron chi connectivity index (χ4n) is 3.07. The lowest BCUT2D eigenvalue weighted by atomic mass is 9.97. The number of anilines is 1. The third kappa shape index (κ3) is 2.27. The number of ether oxygens (including phenoxy) is 1. The van der Waals surface area contributed by atoms with Crippen LogP contribution in [0.1, 0.15) is 35.7 Å². The van der Waals surface area contributed by atoms with Crippen molar-refractivity contribution in [3.05, 3.63) is 58.0 Å². The van der Waals surface area contributed by atoms with Gasteiger partial charge in [-0.25, -0.2) is 4.79 Å². The van der Waals surface area contributed by atoms with Crippen molar-refractivity contribution in [2.24, 2.45) is 0 Å². The predicted molar refractivity (Wildman–Crippen MR) is 91.8 cm³/mol. The van der Waals surface area contributed by atoms with E-state index in [4.69, 9.17) is 4.74 Å². The van der Waals surface area contributed by atoms with Crippen LogP contribution in [-0.4, -0.2) is 22.0 Å². The van der Waals surface area contributed by atoms with Crippen molar-refractivity contribution in [1.29, 1.82) is 0 Å². The Hall–Kier alpha value is -3.02. The van der Waals surface area contributed by atoms with Gasteiger partial charge in [-0.1, -0.05) is 19.1 Å². The molecule has 4 rings (SSSR count). The summed E-state index contributed by atoms with van der Waals surface area (Å²) in [5, 5.41) is 2.86. The van der Waals surface area contributed by atoms with E-state index in [9.17, 15) is 9.59 Å². The van der Waals surface area contributed by atoms with E-state index in [1.165, 1.54) is 0 Å².